The largest absolute Gasteiger partial charge is 0.481 e. The zero-order valence-corrected chi connectivity index (χ0v) is 9.14. The molecule has 3 unspecified atom stereocenters. The van der Waals surface area contributed by atoms with E-state index in [1.165, 1.54) is 7.11 Å². The van der Waals surface area contributed by atoms with Gasteiger partial charge in [-0.2, -0.15) is 0 Å². The molecule has 1 aliphatic rings. The van der Waals surface area contributed by atoms with Crippen LogP contribution in [0.2, 0.25) is 0 Å². The average molecular weight is 218 g/mol. The van der Waals surface area contributed by atoms with Crippen molar-refractivity contribution in [3.8, 4) is 0 Å². The summed E-state index contributed by atoms with van der Waals surface area (Å²) in [5.74, 6) is -1.30. The molecule has 3 atom stereocenters. The summed E-state index contributed by atoms with van der Waals surface area (Å²) in [5.41, 5.74) is 0. The molecule has 5 nitrogen and oxygen atoms in total. The van der Waals surface area contributed by atoms with Crippen molar-refractivity contribution in [2.45, 2.75) is 25.6 Å². The molecule has 1 aliphatic heterocycles. The van der Waals surface area contributed by atoms with Crippen molar-refractivity contribution in [3.63, 3.8) is 0 Å². The Morgan fingerprint density at radius 1 is 1.53 bits per heavy atom. The van der Waals surface area contributed by atoms with Crippen molar-refractivity contribution in [1.29, 1.82) is 0 Å². The minimum absolute atomic E-state index is 0.119. The van der Waals surface area contributed by atoms with E-state index < -0.39 is 11.9 Å². The molecular formula is C10H18O5. The Morgan fingerprint density at radius 2 is 2.27 bits per heavy atom. The first-order valence-electron chi connectivity index (χ1n) is 5.14. The minimum Gasteiger partial charge on any atom is -0.481 e. The van der Waals surface area contributed by atoms with Crippen LogP contribution in [0.25, 0.3) is 0 Å². The van der Waals surface area contributed by atoms with Crippen LogP contribution < -0.4 is 0 Å². The van der Waals surface area contributed by atoms with Crippen LogP contribution in [-0.4, -0.2) is 50.2 Å². The Bertz CT molecular complexity index is 206. The van der Waals surface area contributed by atoms with Gasteiger partial charge in [0.15, 0.2) is 0 Å². The van der Waals surface area contributed by atoms with Gasteiger partial charge in [0.2, 0.25) is 0 Å². The first-order valence-corrected chi connectivity index (χ1v) is 5.14. The highest BCUT2D eigenvalue weighted by Crippen LogP contribution is 2.27. The number of carbonyl (C=O) groups is 1. The van der Waals surface area contributed by atoms with Crippen LogP contribution in [0.5, 0.6) is 0 Å². The van der Waals surface area contributed by atoms with Gasteiger partial charge in [0.05, 0.1) is 31.3 Å². The number of aliphatic carboxylic acids is 1. The summed E-state index contributed by atoms with van der Waals surface area (Å²) < 4.78 is 15.7. The Morgan fingerprint density at radius 3 is 2.80 bits per heavy atom. The van der Waals surface area contributed by atoms with E-state index >= 15 is 0 Å². The van der Waals surface area contributed by atoms with Crippen molar-refractivity contribution in [3.05, 3.63) is 0 Å². The fourth-order valence-electron chi connectivity index (χ4n) is 1.77. The van der Waals surface area contributed by atoms with Gasteiger partial charge in [-0.3, -0.25) is 4.79 Å². The molecule has 15 heavy (non-hydrogen) atoms. The summed E-state index contributed by atoms with van der Waals surface area (Å²) in [6, 6.07) is 0. The van der Waals surface area contributed by atoms with E-state index in [0.29, 0.717) is 26.2 Å². The van der Waals surface area contributed by atoms with Gasteiger partial charge in [-0.25, -0.2) is 0 Å². The van der Waals surface area contributed by atoms with Crippen molar-refractivity contribution in [1.82, 2.24) is 0 Å². The van der Waals surface area contributed by atoms with Crippen LogP contribution in [0.15, 0.2) is 0 Å². The SMILES string of the molecule is CCOCC1CC(C(=O)O)C(COC)O1. The molecule has 1 N–H and O–H groups in total. The standard InChI is InChI=1S/C10H18O5/c1-3-14-5-7-4-8(10(11)12)9(15-7)6-13-2/h7-9H,3-6H2,1-2H3,(H,11,12). The summed E-state index contributed by atoms with van der Waals surface area (Å²) in [4.78, 5) is 10.9. The lowest BCUT2D eigenvalue weighted by atomic mass is 10.0. The molecule has 1 fully saturated rings. The molecule has 0 amide bonds. The quantitative estimate of drug-likeness (QED) is 0.704. The van der Waals surface area contributed by atoms with Gasteiger partial charge >= 0.3 is 5.97 Å². The molecule has 1 rings (SSSR count). The zero-order chi connectivity index (χ0) is 11.3. The first-order chi connectivity index (χ1) is 7.19. The number of hydrogen-bond acceptors (Lipinski definition) is 4. The third kappa shape index (κ3) is 3.44. The second kappa shape index (κ2) is 6.05. The van der Waals surface area contributed by atoms with E-state index in [1.54, 1.807) is 0 Å². The van der Waals surface area contributed by atoms with Crippen molar-refractivity contribution in [2.75, 3.05) is 26.9 Å². The zero-order valence-electron chi connectivity index (χ0n) is 9.14. The molecule has 5 heteroatoms. The third-order valence-electron chi connectivity index (χ3n) is 2.49. The molecule has 0 aromatic rings. The van der Waals surface area contributed by atoms with E-state index in [2.05, 4.69) is 0 Å². The topological polar surface area (TPSA) is 65.0 Å². The summed E-state index contributed by atoms with van der Waals surface area (Å²) >= 11 is 0. The molecule has 88 valence electrons. The third-order valence-corrected chi connectivity index (χ3v) is 2.49. The number of carboxylic acid groups (broad SMARTS) is 1. The highest BCUT2D eigenvalue weighted by Gasteiger charge is 2.39. The molecule has 0 aromatic heterocycles. The molecule has 0 aliphatic carbocycles. The lowest BCUT2D eigenvalue weighted by Gasteiger charge is -2.14. The van der Waals surface area contributed by atoms with Crippen molar-refractivity contribution >= 4 is 5.97 Å². The van der Waals surface area contributed by atoms with Crippen LogP contribution >= 0.6 is 0 Å². The maximum atomic E-state index is 10.9. The predicted octanol–water partition coefficient (Wildman–Crippen LogP) is 0.528. The fraction of sp³-hybridized carbons (Fsp3) is 0.900. The van der Waals surface area contributed by atoms with E-state index in [4.69, 9.17) is 19.3 Å². The van der Waals surface area contributed by atoms with Crippen LogP contribution in [0.4, 0.5) is 0 Å². The summed E-state index contributed by atoms with van der Waals surface area (Å²) in [5, 5.41) is 8.98. The maximum Gasteiger partial charge on any atom is 0.309 e. The molecule has 1 heterocycles. The van der Waals surface area contributed by atoms with Gasteiger partial charge in [-0.05, 0) is 13.3 Å². The minimum atomic E-state index is -0.823. The summed E-state index contributed by atoms with van der Waals surface area (Å²) in [6.45, 7) is 3.29. The van der Waals surface area contributed by atoms with E-state index in [0.717, 1.165) is 0 Å². The van der Waals surface area contributed by atoms with Gasteiger partial charge in [0.1, 0.15) is 0 Å². The first kappa shape index (κ1) is 12.4. The van der Waals surface area contributed by atoms with E-state index in [9.17, 15) is 4.79 Å². The molecule has 0 radical (unpaired) electrons. The van der Waals surface area contributed by atoms with E-state index in [1.807, 2.05) is 6.92 Å². The number of methoxy groups -OCH3 is 1. The van der Waals surface area contributed by atoms with Crippen molar-refractivity contribution < 1.29 is 24.1 Å². The number of rotatable bonds is 6. The molecule has 0 bridgehead atoms. The normalized spacial score (nSPS) is 30.7. The van der Waals surface area contributed by atoms with Crippen LogP contribution in [0, 0.1) is 5.92 Å². The summed E-state index contributed by atoms with van der Waals surface area (Å²) in [6.07, 6.45) is 0.0350. The Balaban J connectivity index is 2.45. The van der Waals surface area contributed by atoms with Gasteiger partial charge in [0.25, 0.3) is 0 Å². The summed E-state index contributed by atoms with van der Waals surface area (Å²) in [7, 11) is 1.54. The lowest BCUT2D eigenvalue weighted by molar-refractivity contribution is -0.144. The highest BCUT2D eigenvalue weighted by molar-refractivity contribution is 5.71. The van der Waals surface area contributed by atoms with Gasteiger partial charge in [0, 0.05) is 13.7 Å². The highest BCUT2D eigenvalue weighted by atomic mass is 16.6. The second-order valence-electron chi connectivity index (χ2n) is 3.59. The maximum absolute atomic E-state index is 10.9. The molecule has 0 spiro atoms. The molecular weight excluding hydrogens is 200 g/mol. The monoisotopic (exact) mass is 218 g/mol. The second-order valence-corrected chi connectivity index (χ2v) is 3.59. The van der Waals surface area contributed by atoms with Crippen molar-refractivity contribution in [2.24, 2.45) is 5.92 Å². The molecule has 0 aromatic carbocycles. The van der Waals surface area contributed by atoms with E-state index in [-0.39, 0.29) is 12.2 Å². The smallest absolute Gasteiger partial charge is 0.309 e. The number of carboxylic acids is 1. The lowest BCUT2D eigenvalue weighted by Crippen LogP contribution is -2.27. The fourth-order valence-corrected chi connectivity index (χ4v) is 1.77. The van der Waals surface area contributed by atoms with Crippen LogP contribution in [0.3, 0.4) is 0 Å². The van der Waals surface area contributed by atoms with Gasteiger partial charge in [-0.1, -0.05) is 0 Å². The Labute approximate surface area is 89.3 Å². The average Bonchev–Trinajstić information content (AvgIpc) is 2.59. The predicted molar refractivity (Wildman–Crippen MR) is 52.8 cm³/mol. The molecule has 0 saturated carbocycles. The Kier molecular flexibility index (Phi) is 5.01. The van der Waals surface area contributed by atoms with Crippen LogP contribution in [0.1, 0.15) is 13.3 Å². The van der Waals surface area contributed by atoms with Gasteiger partial charge < -0.3 is 19.3 Å². The molecule has 1 saturated heterocycles. The Hall–Kier alpha value is -0.650. The van der Waals surface area contributed by atoms with Gasteiger partial charge in [-0.15, -0.1) is 0 Å². The van der Waals surface area contributed by atoms with Crippen LogP contribution in [-0.2, 0) is 19.0 Å². The number of hydrogen-bond donors (Lipinski definition) is 1. The number of ether oxygens (including phenoxy) is 3.